The van der Waals surface area contributed by atoms with Gasteiger partial charge in [-0.3, -0.25) is 0 Å². The van der Waals surface area contributed by atoms with Crippen molar-refractivity contribution in [1.29, 1.82) is 0 Å². The molecule has 0 spiro atoms. The average Bonchev–Trinajstić information content (AvgIpc) is 2.24. The molecule has 0 aromatic rings. The molecule has 0 fully saturated rings. The lowest BCUT2D eigenvalue weighted by Gasteiger charge is -2.26. The largest absolute Gasteiger partial charge is 0.500 e. The maximum absolute atomic E-state index is 5.63. The second kappa shape index (κ2) is 10.7. The fourth-order valence-electron chi connectivity index (χ4n) is 1.11. The van der Waals surface area contributed by atoms with Gasteiger partial charge in [0.05, 0.1) is 0 Å². The van der Waals surface area contributed by atoms with E-state index < -0.39 is 8.80 Å². The summed E-state index contributed by atoms with van der Waals surface area (Å²) in [4.78, 5) is 0. The highest BCUT2D eigenvalue weighted by Gasteiger charge is 2.37. The van der Waals surface area contributed by atoms with Crippen molar-refractivity contribution in [1.82, 2.24) is 0 Å². The van der Waals surface area contributed by atoms with Gasteiger partial charge in [-0.2, -0.15) is 0 Å². The van der Waals surface area contributed by atoms with Gasteiger partial charge in [-0.15, -0.1) is 0 Å². The fraction of sp³-hybridized carbons (Fsp3) is 1.00. The van der Waals surface area contributed by atoms with Gasteiger partial charge in [0.2, 0.25) is 0 Å². The summed E-state index contributed by atoms with van der Waals surface area (Å²) in [7, 11) is 0.802. The minimum atomic E-state index is -2.44. The van der Waals surface area contributed by atoms with E-state index in [-0.39, 0.29) is 11.0 Å². The molecular weight excluding hydrogens is 228 g/mol. The SMILES string of the molecule is CO[Si](CCCN)(OC)OCCCN.[SiH4]. The molecule has 7 heteroatoms. The van der Waals surface area contributed by atoms with Crippen LogP contribution in [-0.2, 0) is 13.3 Å². The Labute approximate surface area is 97.8 Å². The lowest BCUT2D eigenvalue weighted by atomic mass is 10.5. The highest BCUT2D eigenvalue weighted by molar-refractivity contribution is 6.60. The van der Waals surface area contributed by atoms with E-state index in [1.165, 1.54) is 0 Å². The molecule has 0 aliphatic carbocycles. The van der Waals surface area contributed by atoms with Gasteiger partial charge in [0.15, 0.2) is 0 Å². The van der Waals surface area contributed by atoms with Crippen LogP contribution in [-0.4, -0.2) is 53.7 Å². The highest BCUT2D eigenvalue weighted by Crippen LogP contribution is 2.15. The summed E-state index contributed by atoms with van der Waals surface area (Å²) >= 11 is 0. The Bertz CT molecular complexity index is 137. The number of hydrogen-bond acceptors (Lipinski definition) is 5. The standard InChI is InChI=1S/C8H22N2O3Si.H4Si/c1-11-14(12-2,8-4-6-10)13-7-3-5-9;/h3-10H2,1-2H3;1H4. The Morgan fingerprint density at radius 2 is 1.53 bits per heavy atom. The van der Waals surface area contributed by atoms with E-state index in [1.807, 2.05) is 0 Å². The maximum atomic E-state index is 5.63. The molecule has 94 valence electrons. The molecule has 0 saturated heterocycles. The van der Waals surface area contributed by atoms with E-state index in [0.717, 1.165) is 18.9 Å². The summed E-state index contributed by atoms with van der Waals surface area (Å²) in [6.45, 7) is 1.84. The first kappa shape index (κ1) is 17.6. The van der Waals surface area contributed by atoms with Gasteiger partial charge in [0, 0.05) is 26.9 Å². The van der Waals surface area contributed by atoms with Crippen molar-refractivity contribution in [3.63, 3.8) is 0 Å². The molecule has 0 radical (unpaired) electrons. The van der Waals surface area contributed by atoms with Crippen molar-refractivity contribution in [2.24, 2.45) is 11.5 Å². The number of nitrogens with two attached hydrogens (primary N) is 2. The molecule has 0 unspecified atom stereocenters. The zero-order valence-electron chi connectivity index (χ0n) is 9.12. The van der Waals surface area contributed by atoms with Gasteiger partial charge in [-0.25, -0.2) is 0 Å². The zero-order valence-corrected chi connectivity index (χ0v) is 10.1. The molecule has 0 atom stereocenters. The van der Waals surface area contributed by atoms with Crippen molar-refractivity contribution in [2.45, 2.75) is 18.9 Å². The Balaban J connectivity index is 0. The van der Waals surface area contributed by atoms with E-state index >= 15 is 0 Å². The van der Waals surface area contributed by atoms with Crippen LogP contribution in [0.5, 0.6) is 0 Å². The third kappa shape index (κ3) is 7.17. The number of rotatable bonds is 9. The Hall–Kier alpha value is 0.234. The first-order valence-corrected chi connectivity index (χ1v) is 6.82. The minimum Gasteiger partial charge on any atom is -0.377 e. The van der Waals surface area contributed by atoms with Crippen LogP contribution in [0.1, 0.15) is 12.8 Å². The normalized spacial score (nSPS) is 11.2. The van der Waals surface area contributed by atoms with Gasteiger partial charge in [-0.05, 0) is 36.9 Å². The molecule has 0 aromatic carbocycles. The predicted octanol–water partition coefficient (Wildman–Crippen LogP) is -1.52. The average molecular weight is 254 g/mol. The van der Waals surface area contributed by atoms with Crippen molar-refractivity contribution in [2.75, 3.05) is 33.9 Å². The molecule has 0 aliphatic heterocycles. The van der Waals surface area contributed by atoms with Crippen LogP contribution in [0.2, 0.25) is 6.04 Å². The summed E-state index contributed by atoms with van der Waals surface area (Å²) in [5, 5.41) is 0. The second-order valence-electron chi connectivity index (χ2n) is 2.97. The summed E-state index contributed by atoms with van der Waals surface area (Å²) in [5.41, 5.74) is 10.8. The quantitative estimate of drug-likeness (QED) is 0.386. The highest BCUT2D eigenvalue weighted by atomic mass is 28.4. The minimum absolute atomic E-state index is 0. The molecular formula is C8H26N2O3Si2. The van der Waals surface area contributed by atoms with Crippen molar-refractivity contribution in [3.8, 4) is 0 Å². The topological polar surface area (TPSA) is 79.7 Å². The molecule has 4 N–H and O–H groups in total. The van der Waals surface area contributed by atoms with Crippen LogP contribution in [0.25, 0.3) is 0 Å². The molecule has 0 rings (SSSR count). The second-order valence-corrected chi connectivity index (χ2v) is 5.95. The molecule has 0 amide bonds. The fourth-order valence-corrected chi connectivity index (χ4v) is 3.15. The Morgan fingerprint density at radius 3 is 1.93 bits per heavy atom. The van der Waals surface area contributed by atoms with Gasteiger partial charge < -0.3 is 24.7 Å². The van der Waals surface area contributed by atoms with E-state index in [0.29, 0.717) is 19.7 Å². The monoisotopic (exact) mass is 254 g/mol. The molecule has 0 aromatic heterocycles. The van der Waals surface area contributed by atoms with Gasteiger partial charge in [-0.1, -0.05) is 0 Å². The van der Waals surface area contributed by atoms with Crippen LogP contribution in [0.3, 0.4) is 0 Å². The number of hydrogen-bond donors (Lipinski definition) is 2. The van der Waals surface area contributed by atoms with Crippen LogP contribution >= 0.6 is 0 Å². The van der Waals surface area contributed by atoms with E-state index in [2.05, 4.69) is 0 Å². The van der Waals surface area contributed by atoms with E-state index in [1.54, 1.807) is 14.2 Å². The Morgan fingerprint density at radius 1 is 1.00 bits per heavy atom. The lowest BCUT2D eigenvalue weighted by molar-refractivity contribution is 0.0973. The molecule has 0 bridgehead atoms. The summed E-state index contributed by atoms with van der Waals surface area (Å²) in [5.74, 6) is 0. The van der Waals surface area contributed by atoms with Crippen LogP contribution in [0.15, 0.2) is 0 Å². The van der Waals surface area contributed by atoms with Gasteiger partial charge in [0.1, 0.15) is 0 Å². The van der Waals surface area contributed by atoms with E-state index in [4.69, 9.17) is 24.7 Å². The summed E-state index contributed by atoms with van der Waals surface area (Å²) in [6.07, 6.45) is 1.68. The molecule has 0 saturated carbocycles. The Kier molecular flexibility index (Phi) is 12.6. The van der Waals surface area contributed by atoms with E-state index in [9.17, 15) is 0 Å². The zero-order chi connectivity index (χ0) is 10.9. The van der Waals surface area contributed by atoms with Crippen molar-refractivity contribution in [3.05, 3.63) is 0 Å². The van der Waals surface area contributed by atoms with Crippen LogP contribution < -0.4 is 11.5 Å². The lowest BCUT2D eigenvalue weighted by Crippen LogP contribution is -2.44. The first-order valence-electron chi connectivity index (χ1n) is 4.89. The van der Waals surface area contributed by atoms with Crippen molar-refractivity contribution >= 4 is 19.8 Å². The smallest absolute Gasteiger partial charge is 0.377 e. The van der Waals surface area contributed by atoms with Gasteiger partial charge >= 0.3 is 8.80 Å². The maximum Gasteiger partial charge on any atom is 0.500 e. The molecule has 0 heterocycles. The van der Waals surface area contributed by atoms with Crippen molar-refractivity contribution < 1.29 is 13.3 Å². The molecule has 5 nitrogen and oxygen atoms in total. The third-order valence-corrected chi connectivity index (χ3v) is 4.83. The first-order chi connectivity index (χ1) is 6.74. The summed E-state index contributed by atoms with van der Waals surface area (Å²) < 4.78 is 16.3. The van der Waals surface area contributed by atoms with Gasteiger partial charge in [0.25, 0.3) is 0 Å². The predicted molar refractivity (Wildman–Crippen MR) is 69.2 cm³/mol. The molecule has 15 heavy (non-hydrogen) atoms. The summed E-state index contributed by atoms with van der Waals surface area (Å²) in [6, 6.07) is 0.765. The third-order valence-electron chi connectivity index (χ3n) is 1.98. The van der Waals surface area contributed by atoms with Crippen LogP contribution in [0.4, 0.5) is 0 Å². The molecule has 0 aliphatic rings. The van der Waals surface area contributed by atoms with Crippen LogP contribution in [0, 0.1) is 0 Å².